The second-order valence-corrected chi connectivity index (χ2v) is 6.80. The molecule has 2 N–H and O–H groups in total. The minimum Gasteiger partial charge on any atom is -0.354 e. The fourth-order valence-electron chi connectivity index (χ4n) is 4.03. The summed E-state index contributed by atoms with van der Waals surface area (Å²) in [4.78, 5) is 12.3. The van der Waals surface area contributed by atoms with Gasteiger partial charge < -0.3 is 10.6 Å². The zero-order valence-corrected chi connectivity index (χ0v) is 14.6. The summed E-state index contributed by atoms with van der Waals surface area (Å²) in [5.74, 6) is -1.05. The first kappa shape index (κ1) is 19.1. The SMILES string of the molecule is Cl.O=C(NCC1(c2c(F)cccc2F)CCCC1)C1CCCCN1. The van der Waals surface area contributed by atoms with E-state index >= 15 is 0 Å². The van der Waals surface area contributed by atoms with Crippen molar-refractivity contribution in [1.29, 1.82) is 0 Å². The van der Waals surface area contributed by atoms with E-state index in [4.69, 9.17) is 0 Å². The van der Waals surface area contributed by atoms with Crippen molar-refractivity contribution in [2.45, 2.75) is 56.4 Å². The molecule has 1 saturated carbocycles. The minimum atomic E-state index is -0.611. The summed E-state index contributed by atoms with van der Waals surface area (Å²) < 4.78 is 28.5. The van der Waals surface area contributed by atoms with Gasteiger partial charge in [0.25, 0.3) is 0 Å². The zero-order chi connectivity index (χ0) is 16.3. The molecular formula is C18H25ClF2N2O. The lowest BCUT2D eigenvalue weighted by atomic mass is 9.78. The maximum absolute atomic E-state index is 14.3. The fraction of sp³-hybridized carbons (Fsp3) is 0.611. The molecule has 1 aliphatic carbocycles. The third kappa shape index (κ3) is 3.89. The van der Waals surface area contributed by atoms with Crippen LogP contribution in [0.1, 0.15) is 50.5 Å². The second-order valence-electron chi connectivity index (χ2n) is 6.80. The molecule has 0 bridgehead atoms. The fourth-order valence-corrected chi connectivity index (χ4v) is 4.03. The van der Waals surface area contributed by atoms with Crippen molar-refractivity contribution >= 4 is 18.3 Å². The molecule has 1 heterocycles. The summed E-state index contributed by atoms with van der Waals surface area (Å²) in [6, 6.07) is 3.83. The molecule has 0 radical (unpaired) electrons. The molecule has 0 spiro atoms. The standard InChI is InChI=1S/C18H24F2N2O.ClH/c19-13-6-5-7-14(20)16(13)18(9-2-3-10-18)12-22-17(23)15-8-1-4-11-21-15;/h5-7,15,21H,1-4,8-12H2,(H,22,23);1H. The molecule has 1 amide bonds. The average Bonchev–Trinajstić information content (AvgIpc) is 3.03. The molecular weight excluding hydrogens is 334 g/mol. The van der Waals surface area contributed by atoms with E-state index in [1.54, 1.807) is 0 Å². The first-order chi connectivity index (χ1) is 11.1. The molecule has 24 heavy (non-hydrogen) atoms. The van der Waals surface area contributed by atoms with Crippen molar-refractivity contribution in [1.82, 2.24) is 10.6 Å². The van der Waals surface area contributed by atoms with Gasteiger partial charge in [-0.2, -0.15) is 0 Å². The minimum absolute atomic E-state index is 0. The van der Waals surface area contributed by atoms with Crippen LogP contribution in [0, 0.1) is 11.6 Å². The monoisotopic (exact) mass is 358 g/mol. The Labute approximate surface area is 148 Å². The van der Waals surface area contributed by atoms with Crippen molar-refractivity contribution in [3.63, 3.8) is 0 Å². The highest BCUT2D eigenvalue weighted by molar-refractivity contribution is 5.85. The van der Waals surface area contributed by atoms with Crippen molar-refractivity contribution in [2.24, 2.45) is 0 Å². The lowest BCUT2D eigenvalue weighted by molar-refractivity contribution is -0.123. The molecule has 2 aliphatic rings. The highest BCUT2D eigenvalue weighted by Crippen LogP contribution is 2.42. The third-order valence-electron chi connectivity index (χ3n) is 5.28. The van der Waals surface area contributed by atoms with Gasteiger partial charge in [-0.15, -0.1) is 12.4 Å². The van der Waals surface area contributed by atoms with E-state index in [1.165, 1.54) is 18.2 Å². The van der Waals surface area contributed by atoms with Crippen LogP contribution in [0.4, 0.5) is 8.78 Å². The smallest absolute Gasteiger partial charge is 0.237 e. The van der Waals surface area contributed by atoms with Crippen molar-refractivity contribution in [3.8, 4) is 0 Å². The van der Waals surface area contributed by atoms with Crippen LogP contribution < -0.4 is 10.6 Å². The molecule has 1 aliphatic heterocycles. The Morgan fingerprint density at radius 3 is 2.42 bits per heavy atom. The van der Waals surface area contributed by atoms with Crippen molar-refractivity contribution < 1.29 is 13.6 Å². The van der Waals surface area contributed by atoms with E-state index in [-0.39, 0.29) is 29.9 Å². The van der Waals surface area contributed by atoms with Gasteiger partial charge in [0.2, 0.25) is 5.91 Å². The summed E-state index contributed by atoms with van der Waals surface area (Å²) in [6.45, 7) is 1.16. The molecule has 2 fully saturated rings. The van der Waals surface area contributed by atoms with Crippen LogP contribution in [-0.4, -0.2) is 25.0 Å². The second kappa shape index (κ2) is 8.26. The van der Waals surface area contributed by atoms with Crippen LogP contribution >= 0.6 is 12.4 Å². The molecule has 1 unspecified atom stereocenters. The van der Waals surface area contributed by atoms with Crippen LogP contribution in [-0.2, 0) is 10.2 Å². The van der Waals surface area contributed by atoms with Crippen LogP contribution in [0.15, 0.2) is 18.2 Å². The van der Waals surface area contributed by atoms with Gasteiger partial charge in [0.15, 0.2) is 0 Å². The number of nitrogens with one attached hydrogen (secondary N) is 2. The molecule has 3 nitrogen and oxygen atoms in total. The van der Waals surface area contributed by atoms with E-state index in [9.17, 15) is 13.6 Å². The van der Waals surface area contributed by atoms with E-state index in [0.29, 0.717) is 19.4 Å². The number of halogens is 3. The van der Waals surface area contributed by atoms with E-state index in [1.807, 2.05) is 0 Å². The van der Waals surface area contributed by atoms with Crippen molar-refractivity contribution in [3.05, 3.63) is 35.4 Å². The summed E-state index contributed by atoms with van der Waals surface area (Å²) in [6.07, 6.45) is 6.25. The molecule has 1 aromatic carbocycles. The van der Waals surface area contributed by atoms with E-state index < -0.39 is 17.0 Å². The Morgan fingerprint density at radius 1 is 1.17 bits per heavy atom. The maximum atomic E-state index is 14.3. The van der Waals surface area contributed by atoms with Crippen LogP contribution in [0.3, 0.4) is 0 Å². The quantitative estimate of drug-likeness (QED) is 0.865. The predicted octanol–water partition coefficient (Wildman–Crippen LogP) is 3.46. The summed E-state index contributed by atoms with van der Waals surface area (Å²) in [7, 11) is 0. The highest BCUT2D eigenvalue weighted by atomic mass is 35.5. The molecule has 134 valence electrons. The maximum Gasteiger partial charge on any atom is 0.237 e. The molecule has 1 saturated heterocycles. The topological polar surface area (TPSA) is 41.1 Å². The van der Waals surface area contributed by atoms with Gasteiger partial charge in [0, 0.05) is 17.5 Å². The molecule has 3 rings (SSSR count). The van der Waals surface area contributed by atoms with Gasteiger partial charge in [-0.05, 0) is 44.4 Å². The first-order valence-electron chi connectivity index (χ1n) is 8.58. The molecule has 6 heteroatoms. The normalized spacial score (nSPS) is 22.7. The molecule has 1 aromatic rings. The first-order valence-corrected chi connectivity index (χ1v) is 8.58. The summed E-state index contributed by atoms with van der Waals surface area (Å²) in [5.41, 5.74) is -0.464. The Balaban J connectivity index is 0.00000208. The van der Waals surface area contributed by atoms with E-state index in [0.717, 1.165) is 38.6 Å². The van der Waals surface area contributed by atoms with Crippen LogP contribution in [0.2, 0.25) is 0 Å². The third-order valence-corrected chi connectivity index (χ3v) is 5.28. The van der Waals surface area contributed by atoms with E-state index in [2.05, 4.69) is 10.6 Å². The number of rotatable bonds is 4. The van der Waals surface area contributed by atoms with Gasteiger partial charge in [0.05, 0.1) is 6.04 Å². The average molecular weight is 359 g/mol. The number of hydrogen-bond acceptors (Lipinski definition) is 2. The Morgan fingerprint density at radius 2 is 1.83 bits per heavy atom. The highest BCUT2D eigenvalue weighted by Gasteiger charge is 2.40. The number of carbonyl (C=O) groups is 1. The Hall–Kier alpha value is -1.20. The summed E-state index contributed by atoms with van der Waals surface area (Å²) >= 11 is 0. The lowest BCUT2D eigenvalue weighted by Crippen LogP contribution is -2.50. The Kier molecular flexibility index (Phi) is 6.58. The van der Waals surface area contributed by atoms with Crippen LogP contribution in [0.5, 0.6) is 0 Å². The van der Waals surface area contributed by atoms with Gasteiger partial charge in [-0.1, -0.05) is 25.3 Å². The molecule has 1 atom stereocenters. The van der Waals surface area contributed by atoms with Crippen molar-refractivity contribution in [2.75, 3.05) is 13.1 Å². The molecule has 0 aromatic heterocycles. The largest absolute Gasteiger partial charge is 0.354 e. The number of piperidine rings is 1. The van der Waals surface area contributed by atoms with Gasteiger partial charge in [0.1, 0.15) is 11.6 Å². The predicted molar refractivity (Wildman–Crippen MR) is 92.4 cm³/mol. The van der Waals surface area contributed by atoms with Gasteiger partial charge >= 0.3 is 0 Å². The van der Waals surface area contributed by atoms with Gasteiger partial charge in [-0.25, -0.2) is 8.78 Å². The number of amides is 1. The lowest BCUT2D eigenvalue weighted by Gasteiger charge is -2.32. The zero-order valence-electron chi connectivity index (χ0n) is 13.7. The van der Waals surface area contributed by atoms with Gasteiger partial charge in [-0.3, -0.25) is 4.79 Å². The summed E-state index contributed by atoms with van der Waals surface area (Å²) in [5, 5.41) is 6.16. The number of benzene rings is 1. The Bertz CT molecular complexity index is 550. The number of carbonyl (C=O) groups excluding carboxylic acids is 1. The van der Waals surface area contributed by atoms with Crippen LogP contribution in [0.25, 0.3) is 0 Å². The number of hydrogen-bond donors (Lipinski definition) is 2.